The van der Waals surface area contributed by atoms with Gasteiger partial charge >= 0.3 is 0 Å². The molecule has 2 rings (SSSR count). The van der Waals surface area contributed by atoms with Gasteiger partial charge in [-0.2, -0.15) is 11.8 Å². The zero-order valence-electron chi connectivity index (χ0n) is 11.6. The number of nitrogen functional groups attached to an aromatic ring is 1. The molecule has 106 valence electrons. The Labute approximate surface area is 122 Å². The molecule has 5 nitrogen and oxygen atoms in total. The second-order valence-electron chi connectivity index (χ2n) is 4.43. The third-order valence-corrected chi connectivity index (χ3v) is 3.73. The van der Waals surface area contributed by atoms with Gasteiger partial charge in [0, 0.05) is 30.9 Å². The van der Waals surface area contributed by atoms with Gasteiger partial charge in [0.2, 0.25) is 0 Å². The Hall–Kier alpha value is -1.79. The summed E-state index contributed by atoms with van der Waals surface area (Å²) in [5.74, 6) is 6.92. The maximum absolute atomic E-state index is 12.5. The van der Waals surface area contributed by atoms with Crippen LogP contribution in [-0.4, -0.2) is 41.4 Å². The summed E-state index contributed by atoms with van der Waals surface area (Å²) in [5, 5.41) is 1.70. The molecule has 2 aromatic rings. The number of nitrogens with two attached hydrogens (primary N) is 1. The van der Waals surface area contributed by atoms with Crippen LogP contribution in [0.2, 0.25) is 0 Å². The largest absolute Gasteiger partial charge is 0.341 e. The van der Waals surface area contributed by atoms with E-state index >= 15 is 0 Å². The minimum absolute atomic E-state index is 0.0219. The minimum atomic E-state index is -0.0219. The number of amides is 1. The molecule has 1 amide bonds. The number of anilines is 1. The molecule has 0 bridgehead atoms. The van der Waals surface area contributed by atoms with Gasteiger partial charge in [-0.3, -0.25) is 4.79 Å². The lowest BCUT2D eigenvalue weighted by molar-refractivity contribution is 0.0805. The van der Waals surface area contributed by atoms with Gasteiger partial charge in [0.05, 0.1) is 5.56 Å². The third-order valence-electron chi connectivity index (χ3n) is 3.14. The van der Waals surface area contributed by atoms with Gasteiger partial charge in [-0.1, -0.05) is 24.3 Å². The quantitative estimate of drug-likeness (QED) is 0.650. The minimum Gasteiger partial charge on any atom is -0.341 e. The van der Waals surface area contributed by atoms with Crippen molar-refractivity contribution in [1.29, 1.82) is 0 Å². The van der Waals surface area contributed by atoms with E-state index in [4.69, 9.17) is 5.84 Å². The van der Waals surface area contributed by atoms with E-state index in [1.807, 2.05) is 37.6 Å². The van der Waals surface area contributed by atoms with E-state index in [1.54, 1.807) is 22.9 Å². The molecule has 0 aliphatic rings. The third kappa shape index (κ3) is 2.86. The Kier molecular flexibility index (Phi) is 4.81. The molecule has 3 N–H and O–H groups in total. The number of nitrogens with zero attached hydrogens (tertiary/aromatic N) is 2. The number of aromatic nitrogens is 1. The van der Waals surface area contributed by atoms with Crippen LogP contribution in [0.1, 0.15) is 10.4 Å². The lowest BCUT2D eigenvalue weighted by Crippen LogP contribution is -2.29. The molecule has 6 heteroatoms. The maximum atomic E-state index is 12.5. The van der Waals surface area contributed by atoms with E-state index in [2.05, 4.69) is 10.4 Å². The molecule has 0 spiro atoms. The van der Waals surface area contributed by atoms with Crippen molar-refractivity contribution in [2.75, 3.05) is 31.0 Å². The highest BCUT2D eigenvalue weighted by molar-refractivity contribution is 7.98. The predicted molar refractivity (Wildman–Crippen MR) is 84.9 cm³/mol. The number of hydrogen-bond acceptors (Lipinski definition) is 5. The highest BCUT2D eigenvalue weighted by atomic mass is 32.2. The first-order chi connectivity index (χ1) is 9.69. The van der Waals surface area contributed by atoms with Crippen molar-refractivity contribution in [3.63, 3.8) is 0 Å². The molecule has 0 saturated carbocycles. The molecule has 0 radical (unpaired) electrons. The van der Waals surface area contributed by atoms with E-state index in [0.717, 1.165) is 16.5 Å². The number of carbonyl (C=O) groups is 1. The Bertz CT molecular complexity index is 617. The summed E-state index contributed by atoms with van der Waals surface area (Å²) >= 11 is 1.72. The first kappa shape index (κ1) is 14.6. The van der Waals surface area contributed by atoms with Crippen molar-refractivity contribution in [2.45, 2.75) is 0 Å². The number of benzene rings is 1. The zero-order valence-corrected chi connectivity index (χ0v) is 12.4. The van der Waals surface area contributed by atoms with Crippen molar-refractivity contribution >= 4 is 34.3 Å². The molecule has 0 aliphatic heterocycles. The predicted octanol–water partition coefficient (Wildman–Crippen LogP) is 1.96. The lowest BCUT2D eigenvalue weighted by atomic mass is 10.1. The van der Waals surface area contributed by atoms with Crippen molar-refractivity contribution in [3.8, 4) is 0 Å². The van der Waals surface area contributed by atoms with Gasteiger partial charge in [0.1, 0.15) is 5.82 Å². The number of pyridine rings is 1. The molecular weight excluding hydrogens is 272 g/mol. The van der Waals surface area contributed by atoms with Crippen molar-refractivity contribution in [2.24, 2.45) is 5.84 Å². The average Bonchev–Trinajstić information content (AvgIpc) is 2.50. The van der Waals surface area contributed by atoms with Crippen LogP contribution in [0.15, 0.2) is 30.5 Å². The monoisotopic (exact) mass is 290 g/mol. The molecule has 1 aromatic carbocycles. The summed E-state index contributed by atoms with van der Waals surface area (Å²) < 4.78 is 0. The highest BCUT2D eigenvalue weighted by Gasteiger charge is 2.16. The second-order valence-corrected chi connectivity index (χ2v) is 5.42. The maximum Gasteiger partial charge on any atom is 0.255 e. The summed E-state index contributed by atoms with van der Waals surface area (Å²) in [6.45, 7) is 0.714. The van der Waals surface area contributed by atoms with Crippen LogP contribution in [0.4, 0.5) is 5.82 Å². The number of nitrogens with one attached hydrogen (secondary N) is 1. The van der Waals surface area contributed by atoms with E-state index in [-0.39, 0.29) is 5.91 Å². The summed E-state index contributed by atoms with van der Waals surface area (Å²) in [4.78, 5) is 18.4. The lowest BCUT2D eigenvalue weighted by Gasteiger charge is -2.18. The summed E-state index contributed by atoms with van der Waals surface area (Å²) in [5.41, 5.74) is 3.16. The normalized spacial score (nSPS) is 10.6. The van der Waals surface area contributed by atoms with Gasteiger partial charge < -0.3 is 10.3 Å². The van der Waals surface area contributed by atoms with Crippen LogP contribution in [0.5, 0.6) is 0 Å². The zero-order chi connectivity index (χ0) is 14.5. The van der Waals surface area contributed by atoms with E-state index < -0.39 is 0 Å². The van der Waals surface area contributed by atoms with E-state index in [0.29, 0.717) is 17.9 Å². The van der Waals surface area contributed by atoms with Crippen LogP contribution in [0.3, 0.4) is 0 Å². The topological polar surface area (TPSA) is 71.2 Å². The fraction of sp³-hybridized carbons (Fsp3) is 0.286. The van der Waals surface area contributed by atoms with E-state index in [1.165, 1.54) is 0 Å². The van der Waals surface area contributed by atoms with Gasteiger partial charge in [-0.05, 0) is 11.6 Å². The van der Waals surface area contributed by atoms with Crippen LogP contribution in [0.25, 0.3) is 10.8 Å². The average molecular weight is 290 g/mol. The van der Waals surface area contributed by atoms with Crippen LogP contribution < -0.4 is 11.3 Å². The molecule has 0 fully saturated rings. The molecule has 0 saturated heterocycles. The standard InChI is InChI=1S/C14H18N4OS/c1-18(7-8-20-2)14(19)12-9-16-13(17-15)11-6-4-3-5-10(11)12/h3-6,9H,7-8,15H2,1-2H3,(H,16,17). The first-order valence-corrected chi connectivity index (χ1v) is 7.67. The molecule has 1 aromatic heterocycles. The fourth-order valence-corrected chi connectivity index (χ4v) is 2.47. The molecule has 0 unspecified atom stereocenters. The summed E-state index contributed by atoms with van der Waals surface area (Å²) in [6, 6.07) is 7.61. The number of rotatable bonds is 5. The number of hydrogen-bond donors (Lipinski definition) is 2. The smallest absolute Gasteiger partial charge is 0.255 e. The molecule has 20 heavy (non-hydrogen) atoms. The van der Waals surface area contributed by atoms with Gasteiger partial charge in [-0.25, -0.2) is 10.8 Å². The van der Waals surface area contributed by atoms with Gasteiger partial charge in [0.15, 0.2) is 0 Å². The number of hydrazine groups is 1. The summed E-state index contributed by atoms with van der Waals surface area (Å²) in [6.07, 6.45) is 3.60. The van der Waals surface area contributed by atoms with Crippen molar-refractivity contribution in [1.82, 2.24) is 9.88 Å². The number of thioether (sulfide) groups is 1. The highest BCUT2D eigenvalue weighted by Crippen LogP contribution is 2.24. The van der Waals surface area contributed by atoms with Crippen molar-refractivity contribution in [3.05, 3.63) is 36.0 Å². The van der Waals surface area contributed by atoms with E-state index in [9.17, 15) is 4.79 Å². The SMILES string of the molecule is CSCCN(C)C(=O)c1cnc(NN)c2ccccc12. The Balaban J connectivity index is 2.42. The first-order valence-electron chi connectivity index (χ1n) is 6.27. The van der Waals surface area contributed by atoms with Gasteiger partial charge in [0.25, 0.3) is 5.91 Å². The van der Waals surface area contributed by atoms with Crippen molar-refractivity contribution < 1.29 is 4.79 Å². The molecular formula is C14H18N4OS. The molecule has 0 aliphatic carbocycles. The fourth-order valence-electron chi connectivity index (χ4n) is 2.01. The molecule has 1 heterocycles. The van der Waals surface area contributed by atoms with Crippen LogP contribution >= 0.6 is 11.8 Å². The Morgan fingerprint density at radius 1 is 1.40 bits per heavy atom. The van der Waals surface area contributed by atoms with Crippen LogP contribution in [0, 0.1) is 0 Å². The summed E-state index contributed by atoms with van der Waals surface area (Å²) in [7, 11) is 1.81. The van der Waals surface area contributed by atoms with Gasteiger partial charge in [-0.15, -0.1) is 0 Å². The Morgan fingerprint density at radius 3 is 2.75 bits per heavy atom. The number of carbonyl (C=O) groups excluding carboxylic acids is 1. The van der Waals surface area contributed by atoms with Crippen LogP contribution in [-0.2, 0) is 0 Å². The molecule has 0 atom stereocenters. The second kappa shape index (κ2) is 6.58. The Morgan fingerprint density at radius 2 is 2.10 bits per heavy atom. The number of fused-ring (bicyclic) bond motifs is 1.